The summed E-state index contributed by atoms with van der Waals surface area (Å²) in [5, 5.41) is 0. The molecule has 138 valence electrons. The number of nitrogens with one attached hydrogen (secondary N) is 1. The van der Waals surface area contributed by atoms with Crippen LogP contribution in [0.15, 0.2) is 36.7 Å². The van der Waals surface area contributed by atoms with Crippen molar-refractivity contribution in [3.05, 3.63) is 42.2 Å². The Morgan fingerprint density at radius 3 is 2.78 bits per heavy atom. The van der Waals surface area contributed by atoms with Crippen LogP contribution in [0.4, 0.5) is 5.69 Å². The van der Waals surface area contributed by atoms with Crippen molar-refractivity contribution in [3.8, 4) is 11.3 Å². The van der Waals surface area contributed by atoms with Gasteiger partial charge in [0.25, 0.3) is 0 Å². The maximum Gasteiger partial charge on any atom is 0.227 e. The zero-order valence-corrected chi connectivity index (χ0v) is 15.7. The number of anilines is 1. The van der Waals surface area contributed by atoms with Gasteiger partial charge in [0.15, 0.2) is 11.4 Å². The van der Waals surface area contributed by atoms with E-state index in [-0.39, 0.29) is 11.7 Å². The lowest BCUT2D eigenvalue weighted by atomic mass is 9.87. The first kappa shape index (κ1) is 17.4. The second-order valence-corrected chi connectivity index (χ2v) is 7.93. The van der Waals surface area contributed by atoms with E-state index >= 15 is 0 Å². The van der Waals surface area contributed by atoms with E-state index in [0.717, 1.165) is 24.2 Å². The first-order valence-corrected chi connectivity index (χ1v) is 9.14. The summed E-state index contributed by atoms with van der Waals surface area (Å²) in [6, 6.07) is 7.75. The smallest absolute Gasteiger partial charge is 0.227 e. The van der Waals surface area contributed by atoms with Crippen molar-refractivity contribution in [2.24, 2.45) is 5.41 Å². The van der Waals surface area contributed by atoms with Crippen molar-refractivity contribution in [2.75, 3.05) is 11.4 Å². The first-order chi connectivity index (χ1) is 12.8. The Morgan fingerprint density at radius 1 is 1.26 bits per heavy atom. The standard InChI is InChI=1S/C21H22N4O2/c1-21(2,3)19(27)15-11-22-20-18(15)24-16(12-23-20)13-6-4-7-14(10-13)25-9-5-8-17(25)26/h4,6-7,10-12H,5,8-9H2,1-3H3,(H,22,23). The number of H-pyrrole nitrogens is 1. The van der Waals surface area contributed by atoms with E-state index in [1.54, 1.807) is 17.3 Å². The number of hydrogen-bond acceptors (Lipinski definition) is 4. The van der Waals surface area contributed by atoms with E-state index in [4.69, 9.17) is 4.98 Å². The van der Waals surface area contributed by atoms with Gasteiger partial charge in [-0.3, -0.25) is 9.59 Å². The predicted octanol–water partition coefficient (Wildman–Crippen LogP) is 3.98. The summed E-state index contributed by atoms with van der Waals surface area (Å²) in [5.74, 6) is 0.175. The average molecular weight is 362 g/mol. The van der Waals surface area contributed by atoms with E-state index in [2.05, 4.69) is 9.97 Å². The number of aromatic nitrogens is 3. The van der Waals surface area contributed by atoms with Crippen LogP contribution in [0.1, 0.15) is 44.0 Å². The number of hydrogen-bond donors (Lipinski definition) is 1. The Bertz CT molecular complexity index is 1050. The number of fused-ring (bicyclic) bond motifs is 1. The Hall–Kier alpha value is -3.02. The van der Waals surface area contributed by atoms with Crippen LogP contribution in [-0.2, 0) is 4.79 Å². The fraction of sp³-hybridized carbons (Fsp3) is 0.333. The fourth-order valence-electron chi connectivity index (χ4n) is 3.36. The van der Waals surface area contributed by atoms with Gasteiger partial charge in [-0.25, -0.2) is 9.97 Å². The van der Waals surface area contributed by atoms with E-state index in [1.165, 1.54) is 0 Å². The summed E-state index contributed by atoms with van der Waals surface area (Å²) in [6.07, 6.45) is 4.85. The minimum atomic E-state index is -0.497. The second kappa shape index (κ2) is 6.30. The first-order valence-electron chi connectivity index (χ1n) is 9.14. The highest BCUT2D eigenvalue weighted by Crippen LogP contribution is 2.29. The molecule has 27 heavy (non-hydrogen) atoms. The molecule has 0 bridgehead atoms. The van der Waals surface area contributed by atoms with Gasteiger partial charge in [-0.1, -0.05) is 32.9 Å². The maximum absolute atomic E-state index is 12.7. The number of carbonyl (C=O) groups is 2. The summed E-state index contributed by atoms with van der Waals surface area (Å²) in [7, 11) is 0. The normalized spacial score (nSPS) is 14.9. The molecule has 0 spiro atoms. The average Bonchev–Trinajstić information content (AvgIpc) is 3.26. The monoisotopic (exact) mass is 362 g/mol. The molecule has 1 aromatic carbocycles. The summed E-state index contributed by atoms with van der Waals surface area (Å²) in [6.45, 7) is 6.42. The number of aromatic amines is 1. The summed E-state index contributed by atoms with van der Waals surface area (Å²) >= 11 is 0. The molecule has 4 rings (SSSR count). The topological polar surface area (TPSA) is 79.0 Å². The summed E-state index contributed by atoms with van der Waals surface area (Å²) < 4.78 is 0. The molecule has 6 nitrogen and oxygen atoms in total. The van der Waals surface area contributed by atoms with Crippen LogP contribution >= 0.6 is 0 Å². The minimum absolute atomic E-state index is 0.0246. The van der Waals surface area contributed by atoms with Crippen molar-refractivity contribution in [1.29, 1.82) is 0 Å². The largest absolute Gasteiger partial charge is 0.344 e. The molecule has 0 radical (unpaired) electrons. The molecule has 3 aromatic rings. The van der Waals surface area contributed by atoms with Crippen molar-refractivity contribution < 1.29 is 9.59 Å². The lowest BCUT2D eigenvalue weighted by Crippen LogP contribution is -2.23. The van der Waals surface area contributed by atoms with Crippen LogP contribution in [0.25, 0.3) is 22.4 Å². The minimum Gasteiger partial charge on any atom is -0.344 e. The molecule has 6 heteroatoms. The molecular weight excluding hydrogens is 340 g/mol. The molecule has 1 N–H and O–H groups in total. The molecule has 1 aliphatic rings. The van der Waals surface area contributed by atoms with Gasteiger partial charge in [0, 0.05) is 35.8 Å². The van der Waals surface area contributed by atoms with Crippen LogP contribution in [-0.4, -0.2) is 33.2 Å². The second-order valence-electron chi connectivity index (χ2n) is 7.93. The quantitative estimate of drug-likeness (QED) is 0.715. The third-order valence-electron chi connectivity index (χ3n) is 4.83. The van der Waals surface area contributed by atoms with Gasteiger partial charge in [0.05, 0.1) is 17.5 Å². The molecule has 0 unspecified atom stereocenters. The van der Waals surface area contributed by atoms with Crippen molar-refractivity contribution in [1.82, 2.24) is 15.0 Å². The summed E-state index contributed by atoms with van der Waals surface area (Å²) in [4.78, 5) is 38.7. The highest BCUT2D eigenvalue weighted by atomic mass is 16.2. The zero-order chi connectivity index (χ0) is 19.2. The Kier molecular flexibility index (Phi) is 4.06. The maximum atomic E-state index is 12.7. The van der Waals surface area contributed by atoms with Gasteiger partial charge >= 0.3 is 0 Å². The third kappa shape index (κ3) is 3.12. The number of ketones is 1. The highest BCUT2D eigenvalue weighted by Gasteiger charge is 2.26. The molecule has 0 atom stereocenters. The zero-order valence-electron chi connectivity index (χ0n) is 15.7. The molecule has 0 aliphatic carbocycles. The lowest BCUT2D eigenvalue weighted by molar-refractivity contribution is -0.117. The van der Waals surface area contributed by atoms with Crippen LogP contribution in [0, 0.1) is 5.41 Å². The SMILES string of the molecule is CC(C)(C)C(=O)c1c[nH]c2ncc(-c3cccc(N4CCCC4=O)c3)nc12. The van der Waals surface area contributed by atoms with Crippen molar-refractivity contribution >= 4 is 28.5 Å². The Balaban J connectivity index is 1.76. The van der Waals surface area contributed by atoms with Crippen molar-refractivity contribution in [2.45, 2.75) is 33.6 Å². The van der Waals surface area contributed by atoms with Gasteiger partial charge < -0.3 is 9.88 Å². The number of carbonyl (C=O) groups excluding carboxylic acids is 2. The van der Waals surface area contributed by atoms with Gasteiger partial charge in [-0.15, -0.1) is 0 Å². The van der Waals surface area contributed by atoms with Crippen LogP contribution in [0.3, 0.4) is 0 Å². The number of amides is 1. The van der Waals surface area contributed by atoms with E-state index in [9.17, 15) is 9.59 Å². The third-order valence-corrected chi connectivity index (χ3v) is 4.83. The summed E-state index contributed by atoms with van der Waals surface area (Å²) in [5.41, 5.74) is 3.65. The molecule has 3 heterocycles. The molecule has 1 fully saturated rings. The number of rotatable bonds is 3. The number of benzene rings is 1. The number of nitrogens with zero attached hydrogens (tertiary/aromatic N) is 3. The Labute approximate surface area is 157 Å². The lowest BCUT2D eigenvalue weighted by Gasteiger charge is -2.16. The van der Waals surface area contributed by atoms with Gasteiger partial charge in [0.2, 0.25) is 5.91 Å². The van der Waals surface area contributed by atoms with E-state index in [1.807, 2.05) is 45.0 Å². The van der Waals surface area contributed by atoms with Crippen molar-refractivity contribution in [3.63, 3.8) is 0 Å². The molecule has 1 aliphatic heterocycles. The molecular formula is C21H22N4O2. The number of Topliss-reactive ketones (excluding diaryl/α,β-unsaturated/α-hetero) is 1. The van der Waals surface area contributed by atoms with Crippen LogP contribution in [0.5, 0.6) is 0 Å². The Morgan fingerprint density at radius 2 is 2.07 bits per heavy atom. The molecule has 1 amide bonds. The van der Waals surface area contributed by atoms with E-state index in [0.29, 0.717) is 28.8 Å². The molecule has 2 aromatic heterocycles. The molecule has 1 saturated heterocycles. The molecule has 0 saturated carbocycles. The van der Waals surface area contributed by atoms with Crippen LogP contribution in [0.2, 0.25) is 0 Å². The van der Waals surface area contributed by atoms with Crippen LogP contribution < -0.4 is 4.90 Å². The highest BCUT2D eigenvalue weighted by molar-refractivity contribution is 6.08. The van der Waals surface area contributed by atoms with E-state index < -0.39 is 5.41 Å². The fourth-order valence-corrected chi connectivity index (χ4v) is 3.36. The predicted molar refractivity (Wildman–Crippen MR) is 105 cm³/mol. The van der Waals surface area contributed by atoms with Gasteiger partial charge in [-0.2, -0.15) is 0 Å². The van der Waals surface area contributed by atoms with Gasteiger partial charge in [-0.05, 0) is 18.6 Å². The van der Waals surface area contributed by atoms with Gasteiger partial charge in [0.1, 0.15) is 5.52 Å².